The predicted octanol–water partition coefficient (Wildman–Crippen LogP) is 2.23. The summed E-state index contributed by atoms with van der Waals surface area (Å²) in [6, 6.07) is 0. The lowest BCUT2D eigenvalue weighted by Gasteiger charge is -2.49. The molecule has 0 amide bonds. The number of nitrogens with zero attached hydrogens (tertiary/aromatic N) is 1. The molecule has 0 aromatic carbocycles. The van der Waals surface area contributed by atoms with Gasteiger partial charge >= 0.3 is 0 Å². The maximum Gasteiger partial charge on any atom is 0.0488 e. The minimum atomic E-state index is -0.189. The standard InChI is InChI=1S/C9H18NO/c1-8(2)6-5-7-10(11)9(8,3)4/h5-7H2,1-4H3. The topological polar surface area (TPSA) is 23.1 Å². The molecule has 1 heterocycles. The van der Waals surface area contributed by atoms with E-state index in [0.717, 1.165) is 6.42 Å². The number of rotatable bonds is 0. The van der Waals surface area contributed by atoms with E-state index in [1.807, 2.05) is 13.8 Å². The number of piperidine rings is 1. The number of hydrogen-bond donors (Lipinski definition) is 0. The Balaban J connectivity index is 2.82. The van der Waals surface area contributed by atoms with Crippen molar-refractivity contribution in [2.24, 2.45) is 5.41 Å². The predicted molar refractivity (Wildman–Crippen MR) is 44.5 cm³/mol. The molecule has 0 N–H and O–H groups in total. The van der Waals surface area contributed by atoms with Crippen molar-refractivity contribution in [3.63, 3.8) is 0 Å². The van der Waals surface area contributed by atoms with Crippen LogP contribution in [0, 0.1) is 5.41 Å². The van der Waals surface area contributed by atoms with Gasteiger partial charge in [-0.2, -0.15) is 0 Å². The van der Waals surface area contributed by atoms with Crippen LogP contribution in [0.25, 0.3) is 0 Å². The van der Waals surface area contributed by atoms with Gasteiger partial charge in [-0.3, -0.25) is 0 Å². The second-order valence-electron chi connectivity index (χ2n) is 4.65. The van der Waals surface area contributed by atoms with Gasteiger partial charge in [-0.1, -0.05) is 13.8 Å². The summed E-state index contributed by atoms with van der Waals surface area (Å²) < 4.78 is 0. The molecule has 1 fully saturated rings. The van der Waals surface area contributed by atoms with Gasteiger partial charge in [0.25, 0.3) is 0 Å². The van der Waals surface area contributed by atoms with Gasteiger partial charge in [0.2, 0.25) is 0 Å². The van der Waals surface area contributed by atoms with Crippen LogP contribution in [0.4, 0.5) is 0 Å². The molecule has 65 valence electrons. The Morgan fingerprint density at radius 2 is 1.73 bits per heavy atom. The van der Waals surface area contributed by atoms with E-state index < -0.39 is 0 Å². The molecule has 1 radical (unpaired) electrons. The number of hydrogen-bond acceptors (Lipinski definition) is 1. The van der Waals surface area contributed by atoms with Crippen molar-refractivity contribution in [1.29, 1.82) is 0 Å². The van der Waals surface area contributed by atoms with E-state index >= 15 is 0 Å². The van der Waals surface area contributed by atoms with E-state index in [9.17, 15) is 5.21 Å². The zero-order chi connectivity index (χ0) is 8.70. The quantitative estimate of drug-likeness (QED) is 0.527. The van der Waals surface area contributed by atoms with Crippen LogP contribution in [-0.2, 0) is 5.21 Å². The van der Waals surface area contributed by atoms with Crippen LogP contribution in [0.5, 0.6) is 0 Å². The molecule has 0 saturated carbocycles. The molecular weight excluding hydrogens is 138 g/mol. The normalized spacial score (nSPS) is 30.3. The summed E-state index contributed by atoms with van der Waals surface area (Å²) in [7, 11) is 0. The summed E-state index contributed by atoms with van der Waals surface area (Å²) in [4.78, 5) is 0. The van der Waals surface area contributed by atoms with Crippen molar-refractivity contribution in [2.75, 3.05) is 6.54 Å². The van der Waals surface area contributed by atoms with E-state index in [4.69, 9.17) is 0 Å². The monoisotopic (exact) mass is 156 g/mol. The van der Waals surface area contributed by atoms with Gasteiger partial charge in [-0.25, -0.2) is 0 Å². The average molecular weight is 156 g/mol. The Kier molecular flexibility index (Phi) is 2.01. The highest BCUT2D eigenvalue weighted by Gasteiger charge is 2.44. The molecule has 2 nitrogen and oxygen atoms in total. The highest BCUT2D eigenvalue weighted by atomic mass is 16.5. The van der Waals surface area contributed by atoms with Crippen LogP contribution in [0.1, 0.15) is 40.5 Å². The summed E-state index contributed by atoms with van der Waals surface area (Å²) in [5.41, 5.74) is -0.0295. The lowest BCUT2D eigenvalue weighted by molar-refractivity contribution is -0.262. The van der Waals surface area contributed by atoms with Gasteiger partial charge < -0.3 is 0 Å². The van der Waals surface area contributed by atoms with Crippen molar-refractivity contribution in [3.05, 3.63) is 0 Å². The molecule has 1 aliphatic rings. The van der Waals surface area contributed by atoms with Crippen LogP contribution in [0.3, 0.4) is 0 Å². The molecule has 2 heteroatoms. The van der Waals surface area contributed by atoms with Crippen LogP contribution in [0.15, 0.2) is 0 Å². The molecule has 0 atom stereocenters. The summed E-state index contributed by atoms with van der Waals surface area (Å²) in [6.45, 7) is 9.14. The fourth-order valence-corrected chi connectivity index (χ4v) is 1.59. The fourth-order valence-electron chi connectivity index (χ4n) is 1.59. The van der Waals surface area contributed by atoms with Gasteiger partial charge in [0.05, 0.1) is 0 Å². The first-order chi connectivity index (χ1) is 4.88. The maximum absolute atomic E-state index is 11.4. The van der Waals surface area contributed by atoms with E-state index in [1.54, 1.807) is 0 Å². The molecule has 0 unspecified atom stereocenters. The molecular formula is C9H18NO. The molecule has 0 aliphatic carbocycles. The summed E-state index contributed by atoms with van der Waals surface area (Å²) >= 11 is 0. The first-order valence-electron chi connectivity index (χ1n) is 4.33. The molecule has 1 aliphatic heterocycles. The van der Waals surface area contributed by atoms with Crippen molar-refractivity contribution in [1.82, 2.24) is 5.06 Å². The molecule has 0 spiro atoms. The minimum absolute atomic E-state index is 0.160. The zero-order valence-corrected chi connectivity index (χ0v) is 7.98. The van der Waals surface area contributed by atoms with Crippen LogP contribution < -0.4 is 0 Å². The third-order valence-electron chi connectivity index (χ3n) is 3.44. The smallest absolute Gasteiger partial charge is 0.0488 e. The van der Waals surface area contributed by atoms with Crippen molar-refractivity contribution >= 4 is 0 Å². The van der Waals surface area contributed by atoms with E-state index in [0.29, 0.717) is 6.54 Å². The van der Waals surface area contributed by atoms with E-state index in [1.165, 1.54) is 11.5 Å². The van der Waals surface area contributed by atoms with Crippen LogP contribution in [-0.4, -0.2) is 17.1 Å². The average Bonchev–Trinajstić information content (AvgIpc) is 1.84. The first kappa shape index (κ1) is 9.01. The van der Waals surface area contributed by atoms with Crippen molar-refractivity contribution in [3.8, 4) is 0 Å². The third-order valence-corrected chi connectivity index (χ3v) is 3.44. The summed E-state index contributed by atoms with van der Waals surface area (Å²) in [5.74, 6) is 0. The third kappa shape index (κ3) is 1.30. The summed E-state index contributed by atoms with van der Waals surface area (Å²) in [6.07, 6.45) is 2.21. The van der Waals surface area contributed by atoms with Gasteiger partial charge in [-0.05, 0) is 32.1 Å². The van der Waals surface area contributed by atoms with E-state index in [2.05, 4.69) is 13.8 Å². The Morgan fingerprint density at radius 3 is 2.09 bits per heavy atom. The van der Waals surface area contributed by atoms with E-state index in [-0.39, 0.29) is 11.0 Å². The minimum Gasteiger partial charge on any atom is -0.149 e. The van der Waals surface area contributed by atoms with Crippen molar-refractivity contribution in [2.45, 2.75) is 46.1 Å². The molecule has 1 saturated heterocycles. The molecule has 11 heavy (non-hydrogen) atoms. The largest absolute Gasteiger partial charge is 0.149 e. The highest BCUT2D eigenvalue weighted by molar-refractivity contribution is 4.95. The van der Waals surface area contributed by atoms with Crippen LogP contribution >= 0.6 is 0 Å². The highest BCUT2D eigenvalue weighted by Crippen LogP contribution is 2.42. The lowest BCUT2D eigenvalue weighted by atomic mass is 9.69. The van der Waals surface area contributed by atoms with Crippen molar-refractivity contribution < 1.29 is 5.21 Å². The Bertz CT molecular complexity index is 152. The fraction of sp³-hybridized carbons (Fsp3) is 1.00. The zero-order valence-electron chi connectivity index (χ0n) is 7.98. The van der Waals surface area contributed by atoms with Gasteiger partial charge in [0.15, 0.2) is 0 Å². The maximum atomic E-state index is 11.4. The Labute approximate surface area is 69.2 Å². The first-order valence-corrected chi connectivity index (χ1v) is 4.33. The number of hydroxylamine groups is 2. The van der Waals surface area contributed by atoms with Gasteiger partial charge in [0.1, 0.15) is 0 Å². The summed E-state index contributed by atoms with van der Waals surface area (Å²) in [5, 5.41) is 12.7. The molecule has 1 rings (SSSR count). The SMILES string of the molecule is CC1(C)CCCN([O])C1(C)C. The molecule has 0 bridgehead atoms. The van der Waals surface area contributed by atoms with Gasteiger partial charge in [0, 0.05) is 12.1 Å². The molecule has 0 aromatic rings. The second-order valence-corrected chi connectivity index (χ2v) is 4.65. The lowest BCUT2D eigenvalue weighted by Crippen LogP contribution is -2.55. The Morgan fingerprint density at radius 1 is 1.18 bits per heavy atom. The second kappa shape index (κ2) is 2.46. The Hall–Kier alpha value is -0.0800. The van der Waals surface area contributed by atoms with Crippen LogP contribution in [0.2, 0.25) is 0 Å². The van der Waals surface area contributed by atoms with Gasteiger partial charge in [-0.15, -0.1) is 10.3 Å². The molecule has 0 aromatic heterocycles.